The Kier molecular flexibility index (Phi) is 52.2. The summed E-state index contributed by atoms with van der Waals surface area (Å²) >= 11 is 0. The van der Waals surface area contributed by atoms with Crippen molar-refractivity contribution in [2.24, 2.45) is 0 Å². The number of rotatable bonds is 54. The van der Waals surface area contributed by atoms with Crippen molar-refractivity contribution < 1.29 is 37.3 Å². The number of hydrogen-bond acceptors (Lipinski definition) is 7. The highest BCUT2D eigenvalue weighted by Crippen LogP contribution is 2.38. The van der Waals surface area contributed by atoms with E-state index in [1.807, 2.05) is 21.1 Å². The van der Waals surface area contributed by atoms with Crippen molar-refractivity contribution in [3.63, 3.8) is 0 Å². The smallest absolute Gasteiger partial charge is 0.306 e. The Labute approximate surface area is 439 Å². The van der Waals surface area contributed by atoms with Crippen LogP contribution in [0.25, 0.3) is 0 Å². The lowest BCUT2D eigenvalue weighted by Gasteiger charge is -2.28. The Balaban J connectivity index is 4.15. The zero-order chi connectivity index (χ0) is 51.9. The fraction of sp³-hybridized carbons (Fsp3) is 0.758. The molecule has 0 N–H and O–H groups in total. The zero-order valence-corrected chi connectivity index (χ0v) is 47.8. The molecular weight excluding hydrogens is 902 g/mol. The standard InChI is InChI=1S/C62H112NO7P/c1-6-8-10-12-14-16-18-20-22-24-26-28-30-32-33-35-37-39-41-43-45-47-49-51-53-55-62(64)70-61(60-69-71(65,66)68-58-56-63(3,4)5)59-67-57-54-52-50-48-46-44-42-40-38-36-34-31-29-27-25-23-21-19-17-15-13-11-9-7-2/h8,10,14,16,20,22,26,28,32-33,37,39,43,45,61H,6-7,9,11-13,15,17-19,21,23-25,27,29-31,34-36,38,40-42,44,46-60H2,1-5H3/b10-8-,16-14-,22-20-,28-26-,33-32-,39-37-,45-43-. The van der Waals surface area contributed by atoms with Gasteiger partial charge in [0, 0.05) is 13.0 Å². The van der Waals surface area contributed by atoms with Crippen LogP contribution in [-0.4, -0.2) is 70.7 Å². The molecule has 2 unspecified atom stereocenters. The van der Waals surface area contributed by atoms with E-state index in [4.69, 9.17) is 18.5 Å². The minimum absolute atomic E-state index is 0.0164. The average Bonchev–Trinajstić information content (AvgIpc) is 3.33. The Bertz CT molecular complexity index is 1410. The minimum Gasteiger partial charge on any atom is -0.756 e. The fourth-order valence-electron chi connectivity index (χ4n) is 8.00. The molecule has 0 spiro atoms. The summed E-state index contributed by atoms with van der Waals surface area (Å²) in [5.41, 5.74) is 0. The highest BCUT2D eigenvalue weighted by molar-refractivity contribution is 7.45. The lowest BCUT2D eigenvalue weighted by molar-refractivity contribution is -0.870. The van der Waals surface area contributed by atoms with Gasteiger partial charge in [-0.3, -0.25) is 9.36 Å². The monoisotopic (exact) mass is 1010 g/mol. The highest BCUT2D eigenvalue weighted by Gasteiger charge is 2.20. The number of likely N-dealkylation sites (N-methyl/N-ethyl adjacent to an activating group) is 1. The third kappa shape index (κ3) is 58.4. The molecule has 71 heavy (non-hydrogen) atoms. The number of allylic oxidation sites excluding steroid dienone is 14. The molecule has 0 radical (unpaired) electrons. The van der Waals surface area contributed by atoms with E-state index >= 15 is 0 Å². The Morgan fingerprint density at radius 1 is 0.451 bits per heavy atom. The molecule has 0 saturated heterocycles. The Morgan fingerprint density at radius 2 is 0.817 bits per heavy atom. The Morgan fingerprint density at radius 3 is 1.21 bits per heavy atom. The van der Waals surface area contributed by atoms with Gasteiger partial charge in [0.25, 0.3) is 7.82 Å². The van der Waals surface area contributed by atoms with Gasteiger partial charge in [0.1, 0.15) is 19.3 Å². The number of carbonyl (C=O) groups is 1. The highest BCUT2D eigenvalue weighted by atomic mass is 31.2. The van der Waals surface area contributed by atoms with Crippen molar-refractivity contribution in [1.29, 1.82) is 0 Å². The third-order valence-corrected chi connectivity index (χ3v) is 13.4. The number of hydrogen-bond donors (Lipinski definition) is 0. The molecule has 0 fully saturated rings. The first kappa shape index (κ1) is 68.7. The summed E-state index contributed by atoms with van der Waals surface area (Å²) in [5, 5.41) is 0. The topological polar surface area (TPSA) is 94.1 Å². The van der Waals surface area contributed by atoms with Gasteiger partial charge in [0.15, 0.2) is 0 Å². The molecule has 0 heterocycles. The summed E-state index contributed by atoms with van der Waals surface area (Å²) < 4.78 is 34.8. The van der Waals surface area contributed by atoms with Gasteiger partial charge >= 0.3 is 5.97 Å². The first-order chi connectivity index (χ1) is 34.6. The molecule has 0 bridgehead atoms. The lowest BCUT2D eigenvalue weighted by Crippen LogP contribution is -2.37. The van der Waals surface area contributed by atoms with Crippen LogP contribution in [0.3, 0.4) is 0 Å². The van der Waals surface area contributed by atoms with Gasteiger partial charge in [0.05, 0.1) is 34.4 Å². The first-order valence-electron chi connectivity index (χ1n) is 29.3. The van der Waals surface area contributed by atoms with Crippen LogP contribution in [0, 0.1) is 0 Å². The second-order valence-electron chi connectivity index (χ2n) is 20.6. The summed E-state index contributed by atoms with van der Waals surface area (Å²) in [7, 11) is 1.33. The largest absolute Gasteiger partial charge is 0.756 e. The van der Waals surface area contributed by atoms with E-state index in [-0.39, 0.29) is 32.2 Å². The number of esters is 1. The van der Waals surface area contributed by atoms with E-state index in [0.29, 0.717) is 24.1 Å². The van der Waals surface area contributed by atoms with E-state index in [0.717, 1.165) is 77.0 Å². The van der Waals surface area contributed by atoms with E-state index in [1.54, 1.807) is 0 Å². The average molecular weight is 1010 g/mol. The second kappa shape index (κ2) is 54.0. The number of nitrogens with zero attached hydrogens (tertiary/aromatic N) is 1. The van der Waals surface area contributed by atoms with E-state index in [2.05, 4.69) is 98.9 Å². The second-order valence-corrected chi connectivity index (χ2v) is 22.0. The molecule has 0 rings (SSSR count). The molecule has 0 aliphatic rings. The van der Waals surface area contributed by atoms with Crippen LogP contribution < -0.4 is 4.89 Å². The number of unbranched alkanes of at least 4 members (excludes halogenated alkanes) is 26. The molecule has 0 aliphatic heterocycles. The van der Waals surface area contributed by atoms with E-state index in [1.165, 1.54) is 141 Å². The molecule has 0 amide bonds. The fourth-order valence-corrected chi connectivity index (χ4v) is 8.73. The van der Waals surface area contributed by atoms with Crippen LogP contribution in [0.4, 0.5) is 0 Å². The lowest BCUT2D eigenvalue weighted by atomic mass is 10.0. The molecule has 8 nitrogen and oxygen atoms in total. The SMILES string of the molecule is CC/C=C\C/C=C\C/C=C\C/C=C\C/C=C\C/C=C\C/C=C\CCCCCC(=O)OC(COCCCCCCCCCCCCCCCCCCCCCCCCCC)COP(=O)([O-])OCC[N+](C)(C)C. The number of carbonyl (C=O) groups excluding carboxylic acids is 1. The molecule has 0 saturated carbocycles. The van der Waals surface area contributed by atoms with Crippen molar-refractivity contribution >= 4 is 13.8 Å². The quantitative estimate of drug-likeness (QED) is 0.0197. The van der Waals surface area contributed by atoms with Gasteiger partial charge in [-0.1, -0.05) is 253 Å². The summed E-state index contributed by atoms with van der Waals surface area (Å²) in [6, 6.07) is 0. The number of quaternary nitrogens is 1. The van der Waals surface area contributed by atoms with E-state index < -0.39 is 13.9 Å². The molecule has 0 aromatic heterocycles. The van der Waals surface area contributed by atoms with Gasteiger partial charge in [-0.05, 0) is 70.6 Å². The molecular formula is C62H112NO7P. The summed E-state index contributed by atoms with van der Waals surface area (Å²) in [5.74, 6) is -0.364. The predicted molar refractivity (Wildman–Crippen MR) is 305 cm³/mol. The maximum absolute atomic E-state index is 12.8. The summed E-state index contributed by atoms with van der Waals surface area (Å²) in [6.45, 7) is 5.28. The Hall–Kier alpha value is -2.32. The minimum atomic E-state index is -4.55. The van der Waals surface area contributed by atoms with Crippen LogP contribution in [-0.2, 0) is 27.9 Å². The molecule has 0 aromatic carbocycles. The molecule has 0 aliphatic carbocycles. The van der Waals surface area contributed by atoms with Crippen molar-refractivity contribution in [3.05, 3.63) is 85.1 Å². The maximum atomic E-state index is 12.8. The van der Waals surface area contributed by atoms with Crippen molar-refractivity contribution in [2.75, 3.05) is 54.1 Å². The maximum Gasteiger partial charge on any atom is 0.306 e. The van der Waals surface area contributed by atoms with Crippen LogP contribution in [0.2, 0.25) is 0 Å². The van der Waals surface area contributed by atoms with Gasteiger partial charge in [-0.25, -0.2) is 0 Å². The number of phosphoric ester groups is 1. The molecule has 0 aromatic rings. The van der Waals surface area contributed by atoms with Crippen LogP contribution >= 0.6 is 7.82 Å². The molecule has 9 heteroatoms. The van der Waals surface area contributed by atoms with Gasteiger partial charge in [-0.2, -0.15) is 0 Å². The molecule has 412 valence electrons. The third-order valence-electron chi connectivity index (χ3n) is 12.5. The molecule has 2 atom stereocenters. The summed E-state index contributed by atoms with van der Waals surface area (Å²) in [4.78, 5) is 25.3. The van der Waals surface area contributed by atoms with Crippen molar-refractivity contribution in [3.8, 4) is 0 Å². The van der Waals surface area contributed by atoms with Crippen LogP contribution in [0.15, 0.2) is 85.1 Å². The normalized spacial score (nSPS) is 14.1. The zero-order valence-electron chi connectivity index (χ0n) is 46.9. The number of ether oxygens (including phenoxy) is 2. The van der Waals surface area contributed by atoms with Crippen molar-refractivity contribution in [1.82, 2.24) is 0 Å². The van der Waals surface area contributed by atoms with Gasteiger partial charge in [-0.15, -0.1) is 0 Å². The van der Waals surface area contributed by atoms with E-state index in [9.17, 15) is 14.3 Å². The van der Waals surface area contributed by atoms with Gasteiger partial charge in [0.2, 0.25) is 0 Å². The van der Waals surface area contributed by atoms with Gasteiger partial charge < -0.3 is 27.9 Å². The number of phosphoric acid groups is 1. The predicted octanol–water partition coefficient (Wildman–Crippen LogP) is 18.1. The first-order valence-corrected chi connectivity index (χ1v) is 30.8. The summed E-state index contributed by atoms with van der Waals surface area (Å²) in [6.07, 6.45) is 73.5. The van der Waals surface area contributed by atoms with Crippen molar-refractivity contribution in [2.45, 2.75) is 251 Å². The van der Waals surface area contributed by atoms with Crippen LogP contribution in [0.5, 0.6) is 0 Å². The van der Waals surface area contributed by atoms with Crippen LogP contribution in [0.1, 0.15) is 245 Å².